The highest BCUT2D eigenvalue weighted by Gasteiger charge is 2.25. The average Bonchev–Trinajstić information content (AvgIpc) is 3.16. The number of aryl methyl sites for hydroxylation is 1. The largest absolute Gasteiger partial charge is 0.449 e. The van der Waals surface area contributed by atoms with Gasteiger partial charge in [0.1, 0.15) is 0 Å². The van der Waals surface area contributed by atoms with Crippen LogP contribution in [0.3, 0.4) is 0 Å². The topological polar surface area (TPSA) is 45.9 Å². The van der Waals surface area contributed by atoms with E-state index in [-0.39, 0.29) is 5.91 Å². The molecule has 1 aromatic rings. The summed E-state index contributed by atoms with van der Waals surface area (Å²) in [5, 5.41) is 0. The number of furan rings is 1. The Kier molecular flexibility index (Phi) is 4.01. The number of carbonyl (C=O) groups is 1. The molecule has 0 N–H and O–H groups in total. The molecule has 0 aliphatic carbocycles. The summed E-state index contributed by atoms with van der Waals surface area (Å²) in [6.07, 6.45) is 2.16. The zero-order chi connectivity index (χ0) is 14.8. The molecule has 0 radical (unpaired) electrons. The summed E-state index contributed by atoms with van der Waals surface area (Å²) < 4.78 is 11.2. The molecule has 3 heterocycles. The number of carbonyl (C=O) groups excluding carboxylic acids is 1. The van der Waals surface area contributed by atoms with E-state index >= 15 is 0 Å². The number of morpholine rings is 1. The summed E-state index contributed by atoms with van der Waals surface area (Å²) in [5.41, 5.74) is 1.81. The van der Waals surface area contributed by atoms with Gasteiger partial charge in [-0.1, -0.05) is 6.58 Å². The molecular weight excluding hydrogens is 268 g/mol. The van der Waals surface area contributed by atoms with E-state index in [1.165, 1.54) is 0 Å². The first-order valence-corrected chi connectivity index (χ1v) is 7.58. The normalized spacial score (nSPS) is 19.1. The van der Waals surface area contributed by atoms with E-state index in [4.69, 9.17) is 9.15 Å². The highest BCUT2D eigenvalue weighted by molar-refractivity contribution is 5.92. The van der Waals surface area contributed by atoms with Crippen LogP contribution in [0.5, 0.6) is 0 Å². The molecular formula is C16H22N2O3. The number of rotatable bonds is 3. The molecule has 5 nitrogen and oxygen atoms in total. The molecule has 2 aliphatic rings. The van der Waals surface area contributed by atoms with Crippen molar-refractivity contribution in [3.63, 3.8) is 0 Å². The van der Waals surface area contributed by atoms with Gasteiger partial charge in [0.2, 0.25) is 0 Å². The zero-order valence-corrected chi connectivity index (χ0v) is 12.6. The van der Waals surface area contributed by atoms with E-state index < -0.39 is 0 Å². The van der Waals surface area contributed by atoms with Gasteiger partial charge in [0.25, 0.3) is 5.91 Å². The maximum atomic E-state index is 12.4. The third kappa shape index (κ3) is 2.83. The van der Waals surface area contributed by atoms with Gasteiger partial charge in [-0.3, -0.25) is 4.79 Å². The van der Waals surface area contributed by atoms with Crippen molar-refractivity contribution in [1.82, 2.24) is 9.80 Å². The fraction of sp³-hybridized carbons (Fsp3) is 0.562. The SMILES string of the molecule is C=C(c1oc(C(=O)N2CCCC2)cc1C)N1CCOCC1. The molecule has 114 valence electrons. The number of nitrogens with zero attached hydrogens (tertiary/aromatic N) is 2. The van der Waals surface area contributed by atoms with E-state index in [0.29, 0.717) is 19.0 Å². The number of amides is 1. The van der Waals surface area contributed by atoms with Crippen LogP contribution in [-0.2, 0) is 4.74 Å². The molecule has 21 heavy (non-hydrogen) atoms. The molecule has 2 fully saturated rings. The smallest absolute Gasteiger partial charge is 0.289 e. The van der Waals surface area contributed by atoms with Crippen molar-refractivity contribution in [2.75, 3.05) is 39.4 Å². The number of hydrogen-bond acceptors (Lipinski definition) is 4. The maximum Gasteiger partial charge on any atom is 0.289 e. The van der Waals surface area contributed by atoms with Crippen LogP contribution in [0.2, 0.25) is 0 Å². The molecule has 0 aromatic carbocycles. The Labute approximate surface area is 125 Å². The minimum Gasteiger partial charge on any atom is -0.449 e. The van der Waals surface area contributed by atoms with Crippen LogP contribution in [-0.4, -0.2) is 55.1 Å². The van der Waals surface area contributed by atoms with Crippen LogP contribution in [0.4, 0.5) is 0 Å². The highest BCUT2D eigenvalue weighted by atomic mass is 16.5. The van der Waals surface area contributed by atoms with Gasteiger partial charge in [-0.25, -0.2) is 0 Å². The van der Waals surface area contributed by atoms with Crippen LogP contribution < -0.4 is 0 Å². The van der Waals surface area contributed by atoms with Crippen molar-refractivity contribution >= 4 is 11.6 Å². The first-order valence-electron chi connectivity index (χ1n) is 7.58. The van der Waals surface area contributed by atoms with Crippen LogP contribution >= 0.6 is 0 Å². The number of hydrogen-bond donors (Lipinski definition) is 0. The molecule has 2 saturated heterocycles. The standard InChI is InChI=1S/C16H22N2O3/c1-12-11-14(16(19)18-5-3-4-6-18)21-15(12)13(2)17-7-9-20-10-8-17/h11H,2-10H2,1H3. The van der Waals surface area contributed by atoms with Crippen LogP contribution in [0, 0.1) is 6.92 Å². The Morgan fingerprint density at radius 3 is 2.48 bits per heavy atom. The minimum atomic E-state index is -0.00312. The molecule has 2 aliphatic heterocycles. The zero-order valence-electron chi connectivity index (χ0n) is 12.6. The van der Waals surface area contributed by atoms with Gasteiger partial charge in [0.05, 0.1) is 18.9 Å². The number of ether oxygens (including phenoxy) is 1. The fourth-order valence-corrected chi connectivity index (χ4v) is 2.93. The van der Waals surface area contributed by atoms with E-state index in [0.717, 1.165) is 56.0 Å². The van der Waals surface area contributed by atoms with Crippen LogP contribution in [0.1, 0.15) is 34.7 Å². The van der Waals surface area contributed by atoms with Gasteiger partial charge in [-0.05, 0) is 31.4 Å². The predicted octanol–water partition coefficient (Wildman–Crippen LogP) is 2.13. The lowest BCUT2D eigenvalue weighted by Gasteiger charge is -2.29. The van der Waals surface area contributed by atoms with Crippen molar-refractivity contribution in [2.45, 2.75) is 19.8 Å². The fourth-order valence-electron chi connectivity index (χ4n) is 2.93. The molecule has 1 amide bonds. The molecule has 0 bridgehead atoms. The summed E-state index contributed by atoms with van der Waals surface area (Å²) in [7, 11) is 0. The summed E-state index contributed by atoms with van der Waals surface area (Å²) in [6.45, 7) is 10.8. The minimum absolute atomic E-state index is 0.00312. The van der Waals surface area contributed by atoms with E-state index in [2.05, 4.69) is 11.5 Å². The Morgan fingerprint density at radius 1 is 1.14 bits per heavy atom. The lowest BCUT2D eigenvalue weighted by molar-refractivity contribution is 0.0631. The second-order valence-electron chi connectivity index (χ2n) is 5.67. The number of likely N-dealkylation sites (tertiary alicyclic amines) is 1. The molecule has 1 aromatic heterocycles. The lowest BCUT2D eigenvalue weighted by Crippen LogP contribution is -2.34. The summed E-state index contributed by atoms with van der Waals surface area (Å²) in [6, 6.07) is 1.83. The predicted molar refractivity (Wildman–Crippen MR) is 80.0 cm³/mol. The second kappa shape index (κ2) is 5.93. The van der Waals surface area contributed by atoms with Gasteiger partial charge >= 0.3 is 0 Å². The van der Waals surface area contributed by atoms with Gasteiger partial charge in [-0.15, -0.1) is 0 Å². The Hall–Kier alpha value is -1.75. The second-order valence-corrected chi connectivity index (χ2v) is 5.67. The third-order valence-electron chi connectivity index (χ3n) is 4.18. The third-order valence-corrected chi connectivity index (χ3v) is 4.18. The highest BCUT2D eigenvalue weighted by Crippen LogP contribution is 2.26. The monoisotopic (exact) mass is 290 g/mol. The summed E-state index contributed by atoms with van der Waals surface area (Å²) in [5.74, 6) is 1.15. The molecule has 5 heteroatoms. The summed E-state index contributed by atoms with van der Waals surface area (Å²) in [4.78, 5) is 16.4. The van der Waals surface area contributed by atoms with Gasteiger partial charge in [0, 0.05) is 26.2 Å². The Morgan fingerprint density at radius 2 is 1.81 bits per heavy atom. The quantitative estimate of drug-likeness (QED) is 0.855. The Balaban J connectivity index is 1.77. The van der Waals surface area contributed by atoms with E-state index in [1.807, 2.05) is 17.9 Å². The average molecular weight is 290 g/mol. The first kappa shape index (κ1) is 14.2. The molecule has 3 rings (SSSR count). The van der Waals surface area contributed by atoms with Gasteiger partial charge < -0.3 is 19.0 Å². The van der Waals surface area contributed by atoms with Crippen molar-refractivity contribution in [3.05, 3.63) is 29.7 Å². The lowest BCUT2D eigenvalue weighted by atomic mass is 10.2. The van der Waals surface area contributed by atoms with Crippen molar-refractivity contribution < 1.29 is 13.9 Å². The molecule has 0 unspecified atom stereocenters. The Bertz CT molecular complexity index is 538. The van der Waals surface area contributed by atoms with Crippen molar-refractivity contribution in [1.29, 1.82) is 0 Å². The molecule has 0 saturated carbocycles. The van der Waals surface area contributed by atoms with E-state index in [9.17, 15) is 4.79 Å². The first-order chi connectivity index (χ1) is 10.2. The van der Waals surface area contributed by atoms with Crippen molar-refractivity contribution in [3.8, 4) is 0 Å². The molecule has 0 atom stereocenters. The summed E-state index contributed by atoms with van der Waals surface area (Å²) >= 11 is 0. The van der Waals surface area contributed by atoms with Gasteiger partial charge in [0.15, 0.2) is 11.5 Å². The molecule has 0 spiro atoms. The van der Waals surface area contributed by atoms with E-state index in [1.54, 1.807) is 0 Å². The van der Waals surface area contributed by atoms with Crippen LogP contribution in [0.25, 0.3) is 5.70 Å². The van der Waals surface area contributed by atoms with Crippen molar-refractivity contribution in [2.24, 2.45) is 0 Å². The maximum absolute atomic E-state index is 12.4. The van der Waals surface area contributed by atoms with Crippen LogP contribution in [0.15, 0.2) is 17.1 Å². The van der Waals surface area contributed by atoms with Gasteiger partial charge in [-0.2, -0.15) is 0 Å².